The molecule has 0 bridgehead atoms. The van der Waals surface area contributed by atoms with Gasteiger partial charge < -0.3 is 10.6 Å². The van der Waals surface area contributed by atoms with Crippen LogP contribution in [0.3, 0.4) is 0 Å². The zero-order valence-electron chi connectivity index (χ0n) is 22.0. The molecule has 4 N–H and O–H groups in total. The predicted molar refractivity (Wildman–Crippen MR) is 147 cm³/mol. The summed E-state index contributed by atoms with van der Waals surface area (Å²) in [6.07, 6.45) is 2.53. The number of fused-ring (bicyclic) bond motifs is 1. The van der Waals surface area contributed by atoms with Gasteiger partial charge in [0.25, 0.3) is 11.8 Å². The molecule has 2 amide bonds. The first-order valence-corrected chi connectivity index (χ1v) is 13.9. The van der Waals surface area contributed by atoms with Crippen molar-refractivity contribution in [3.05, 3.63) is 93.5 Å². The number of aromatic nitrogens is 4. The number of benzene rings is 2. The third kappa shape index (κ3) is 6.31. The Kier molecular flexibility index (Phi) is 7.63. The second-order valence-corrected chi connectivity index (χ2v) is 11.4. The normalized spacial score (nSPS) is 14.5. The molecule has 0 unspecified atom stereocenters. The lowest BCUT2D eigenvalue weighted by Crippen LogP contribution is -2.29. The van der Waals surface area contributed by atoms with Crippen molar-refractivity contribution >= 4 is 27.7 Å². The number of H-pyrrole nitrogens is 1. The molecule has 2 aromatic heterocycles. The lowest BCUT2D eigenvalue weighted by Gasteiger charge is -2.14. The van der Waals surface area contributed by atoms with Crippen LogP contribution in [0.1, 0.15) is 50.1 Å². The molecule has 0 fully saturated rings. The fourth-order valence-corrected chi connectivity index (χ4v) is 4.97. The van der Waals surface area contributed by atoms with Crippen molar-refractivity contribution in [3.63, 3.8) is 0 Å². The maximum absolute atomic E-state index is 13.0. The molecule has 0 spiro atoms. The van der Waals surface area contributed by atoms with Crippen LogP contribution in [0.5, 0.6) is 0 Å². The van der Waals surface area contributed by atoms with Crippen molar-refractivity contribution in [2.75, 3.05) is 18.8 Å². The second kappa shape index (κ2) is 11.3. The average molecular weight is 579 g/mol. The molecule has 15 heteroatoms. The maximum Gasteiger partial charge on any atom is 0.439 e. The number of amides is 2. The van der Waals surface area contributed by atoms with E-state index < -0.39 is 27.8 Å². The number of nitrogens with zero attached hydrogens (tertiary/aromatic N) is 4. The minimum Gasteiger partial charge on any atom is -0.347 e. The third-order valence-corrected chi connectivity index (χ3v) is 7.93. The van der Waals surface area contributed by atoms with Crippen LogP contribution in [0.15, 0.2) is 64.2 Å². The number of aryl methyl sites for hydroxylation is 1. The molecule has 1 aliphatic carbocycles. The molecule has 14 nitrogen and oxygen atoms in total. The van der Waals surface area contributed by atoms with E-state index in [1.54, 1.807) is 30.3 Å². The Hall–Kier alpha value is -4.89. The monoisotopic (exact) mass is 578 g/mol. The Bertz CT molecular complexity index is 1780. The Morgan fingerprint density at radius 1 is 1.07 bits per heavy atom. The van der Waals surface area contributed by atoms with Gasteiger partial charge >= 0.3 is 16.0 Å². The van der Waals surface area contributed by atoms with Crippen LogP contribution in [-0.2, 0) is 23.2 Å². The summed E-state index contributed by atoms with van der Waals surface area (Å²) in [7, 11) is -0.843. The minimum atomic E-state index is -3.67. The standard InChI is InChI=1S/C26H26N8O6S/c1-34(2)41(38,39)33-18-5-3-4-15(10-18)13-27-24(35)21-12-22(29-14-28-21)25(36)30-20-9-7-16-11-17(6-8-19(16)20)23-31-26(37)40-32-23/h3-6,8,10-12,14,20,33H,7,9,13H2,1-2H3,(H,27,35)(H,30,36)(H,31,32,37)/t20-/m0/s1. The molecule has 1 atom stereocenters. The molecular weight excluding hydrogens is 552 g/mol. The van der Waals surface area contributed by atoms with E-state index in [-0.39, 0.29) is 24.0 Å². The van der Waals surface area contributed by atoms with Gasteiger partial charge in [0.05, 0.1) is 11.7 Å². The van der Waals surface area contributed by atoms with Crippen LogP contribution < -0.4 is 21.1 Å². The lowest BCUT2D eigenvalue weighted by atomic mass is 10.0. The van der Waals surface area contributed by atoms with Gasteiger partial charge in [-0.15, -0.1) is 0 Å². The molecule has 2 heterocycles. The number of aromatic amines is 1. The highest BCUT2D eigenvalue weighted by Crippen LogP contribution is 2.33. The molecule has 212 valence electrons. The lowest BCUT2D eigenvalue weighted by molar-refractivity contribution is 0.0931. The molecule has 0 saturated carbocycles. The second-order valence-electron chi connectivity index (χ2n) is 9.48. The summed E-state index contributed by atoms with van der Waals surface area (Å²) in [5.41, 5.74) is 3.71. The average Bonchev–Trinajstić information content (AvgIpc) is 3.57. The first kappa shape index (κ1) is 27.7. The highest BCUT2D eigenvalue weighted by molar-refractivity contribution is 7.90. The van der Waals surface area contributed by atoms with Crippen molar-refractivity contribution < 1.29 is 22.5 Å². The van der Waals surface area contributed by atoms with Gasteiger partial charge in [-0.25, -0.2) is 14.8 Å². The molecule has 0 saturated heterocycles. The minimum absolute atomic E-state index is 0.00711. The van der Waals surface area contributed by atoms with E-state index in [1.165, 1.54) is 20.2 Å². The summed E-state index contributed by atoms with van der Waals surface area (Å²) in [6.45, 7) is 0.102. The fourth-order valence-electron chi connectivity index (χ4n) is 4.36. The van der Waals surface area contributed by atoms with Crippen molar-refractivity contribution in [2.45, 2.75) is 25.4 Å². The van der Waals surface area contributed by atoms with E-state index in [0.29, 0.717) is 35.5 Å². The summed E-state index contributed by atoms with van der Waals surface area (Å²) in [5.74, 6) is -1.28. The highest BCUT2D eigenvalue weighted by Gasteiger charge is 2.26. The number of anilines is 1. The smallest absolute Gasteiger partial charge is 0.347 e. The van der Waals surface area contributed by atoms with Gasteiger partial charge in [-0.1, -0.05) is 29.4 Å². The van der Waals surface area contributed by atoms with E-state index in [1.807, 2.05) is 12.1 Å². The zero-order chi connectivity index (χ0) is 29.1. The maximum atomic E-state index is 13.0. The van der Waals surface area contributed by atoms with Crippen molar-refractivity contribution in [1.29, 1.82) is 0 Å². The largest absolute Gasteiger partial charge is 0.439 e. The predicted octanol–water partition coefficient (Wildman–Crippen LogP) is 1.39. The van der Waals surface area contributed by atoms with E-state index in [0.717, 1.165) is 21.8 Å². The van der Waals surface area contributed by atoms with Crippen molar-refractivity contribution in [3.8, 4) is 11.4 Å². The van der Waals surface area contributed by atoms with Crippen LogP contribution in [0.4, 0.5) is 5.69 Å². The number of carbonyl (C=O) groups excluding carboxylic acids is 2. The third-order valence-electron chi connectivity index (χ3n) is 6.48. The zero-order valence-corrected chi connectivity index (χ0v) is 22.9. The number of hydrogen-bond acceptors (Lipinski definition) is 9. The first-order valence-electron chi connectivity index (χ1n) is 12.5. The van der Waals surface area contributed by atoms with Gasteiger partial charge in [0.2, 0.25) is 0 Å². The fraction of sp³-hybridized carbons (Fsp3) is 0.231. The van der Waals surface area contributed by atoms with E-state index in [2.05, 4.69) is 40.0 Å². The van der Waals surface area contributed by atoms with Crippen LogP contribution in [0, 0.1) is 0 Å². The summed E-state index contributed by atoms with van der Waals surface area (Å²) in [6, 6.07) is 13.2. The molecule has 4 aromatic rings. The number of nitrogens with one attached hydrogen (secondary N) is 4. The van der Waals surface area contributed by atoms with Gasteiger partial charge in [0.15, 0.2) is 5.82 Å². The van der Waals surface area contributed by atoms with Gasteiger partial charge in [0.1, 0.15) is 17.7 Å². The number of hydrogen-bond donors (Lipinski definition) is 4. The Morgan fingerprint density at radius 2 is 1.85 bits per heavy atom. The van der Waals surface area contributed by atoms with Gasteiger partial charge in [-0.2, -0.15) is 12.7 Å². The first-order chi connectivity index (χ1) is 19.6. The Labute approximate surface area is 234 Å². The summed E-state index contributed by atoms with van der Waals surface area (Å²) in [5, 5.41) is 9.38. The number of carbonyl (C=O) groups is 2. The van der Waals surface area contributed by atoms with Crippen LogP contribution >= 0.6 is 0 Å². The number of rotatable bonds is 9. The van der Waals surface area contributed by atoms with Gasteiger partial charge in [0, 0.05) is 32.3 Å². The summed E-state index contributed by atoms with van der Waals surface area (Å²) in [4.78, 5) is 47.6. The molecule has 2 aromatic carbocycles. The Balaban J connectivity index is 1.21. The van der Waals surface area contributed by atoms with E-state index in [9.17, 15) is 22.8 Å². The molecule has 1 aliphatic rings. The SMILES string of the molecule is CN(C)S(=O)(=O)Nc1cccc(CNC(=O)c2cc(C(=O)N[C@H]3CCc4cc(-c5noc(=O)[nH]5)ccc43)ncn2)c1. The quantitative estimate of drug-likeness (QED) is 0.227. The van der Waals surface area contributed by atoms with E-state index >= 15 is 0 Å². The summed E-state index contributed by atoms with van der Waals surface area (Å²) < 4.78 is 32.2. The highest BCUT2D eigenvalue weighted by atomic mass is 32.2. The van der Waals surface area contributed by atoms with Crippen LogP contribution in [0.2, 0.25) is 0 Å². The van der Waals surface area contributed by atoms with Gasteiger partial charge in [-0.05, 0) is 47.7 Å². The molecule has 5 rings (SSSR count). The van der Waals surface area contributed by atoms with E-state index in [4.69, 9.17) is 0 Å². The molecule has 0 radical (unpaired) electrons. The molecule has 0 aliphatic heterocycles. The van der Waals surface area contributed by atoms with Crippen molar-refractivity contribution in [2.24, 2.45) is 0 Å². The topological polar surface area (TPSA) is 192 Å². The summed E-state index contributed by atoms with van der Waals surface area (Å²) >= 11 is 0. The van der Waals surface area contributed by atoms with Crippen LogP contribution in [0.25, 0.3) is 11.4 Å². The van der Waals surface area contributed by atoms with Crippen molar-refractivity contribution in [1.82, 2.24) is 35.0 Å². The van der Waals surface area contributed by atoms with Crippen LogP contribution in [-0.4, -0.2) is 58.7 Å². The molecular formula is C26H26N8O6S. The van der Waals surface area contributed by atoms with Gasteiger partial charge in [-0.3, -0.25) is 23.8 Å². The Morgan fingerprint density at radius 3 is 2.59 bits per heavy atom. The molecule has 41 heavy (non-hydrogen) atoms.